The molecule has 2 bridgehead atoms. The third kappa shape index (κ3) is 1.67. The van der Waals surface area contributed by atoms with Gasteiger partial charge in [-0.2, -0.15) is 0 Å². The molecule has 3 atom stereocenters. The minimum atomic E-state index is 0.161. The summed E-state index contributed by atoms with van der Waals surface area (Å²) in [6, 6.07) is 0. The van der Waals surface area contributed by atoms with Crippen LogP contribution in [-0.2, 0) is 4.74 Å². The van der Waals surface area contributed by atoms with E-state index >= 15 is 0 Å². The largest absolute Gasteiger partial charge is 0.370 e. The average Bonchev–Trinajstić information content (AvgIpc) is 2.93. The molecule has 0 spiro atoms. The lowest BCUT2D eigenvalue weighted by molar-refractivity contribution is -0.130. The van der Waals surface area contributed by atoms with E-state index in [1.807, 2.05) is 0 Å². The summed E-state index contributed by atoms with van der Waals surface area (Å²) < 4.78 is 6.73. The van der Waals surface area contributed by atoms with Crippen LogP contribution >= 0.6 is 15.9 Å². The third-order valence-corrected chi connectivity index (χ3v) is 7.89. The topological polar surface area (TPSA) is 9.23 Å². The third-order valence-electron chi connectivity index (χ3n) is 6.86. The van der Waals surface area contributed by atoms with E-state index in [9.17, 15) is 0 Å². The normalized spacial score (nSPS) is 44.7. The number of hydrogen-bond acceptors (Lipinski definition) is 1. The van der Waals surface area contributed by atoms with E-state index in [0.29, 0.717) is 16.9 Å². The number of ether oxygens (including phenoxy) is 1. The Labute approximate surface area is 120 Å². The molecule has 3 fully saturated rings. The Hall–Kier alpha value is 0.440. The Balaban J connectivity index is 1.79. The van der Waals surface area contributed by atoms with Crippen molar-refractivity contribution in [3.8, 4) is 0 Å². The summed E-state index contributed by atoms with van der Waals surface area (Å²) >= 11 is 3.71. The Kier molecular flexibility index (Phi) is 3.14. The van der Waals surface area contributed by atoms with Crippen molar-refractivity contribution in [1.29, 1.82) is 0 Å². The Bertz CT molecular complexity index is 332. The molecule has 3 rings (SSSR count). The van der Waals surface area contributed by atoms with Crippen LogP contribution in [0.4, 0.5) is 0 Å². The molecule has 1 nitrogen and oxygen atoms in total. The SMILES string of the molecule is CC1(C)C2CCC1(C)C(OC1(CBr)CCCC1)C2. The molecular weight excluding hydrogens is 288 g/mol. The Morgan fingerprint density at radius 2 is 1.78 bits per heavy atom. The molecular formula is C16H27BrO. The van der Waals surface area contributed by atoms with Gasteiger partial charge in [-0.25, -0.2) is 0 Å². The highest BCUT2D eigenvalue weighted by atomic mass is 79.9. The standard InChI is InChI=1S/C16H27BrO/c1-14(2)12-6-9-15(14,3)13(10-12)18-16(11-17)7-4-5-8-16/h12-13H,4-11H2,1-3H3. The van der Waals surface area contributed by atoms with Crippen LogP contribution in [0.2, 0.25) is 0 Å². The molecule has 18 heavy (non-hydrogen) atoms. The molecule has 0 radical (unpaired) electrons. The van der Waals surface area contributed by atoms with Crippen LogP contribution < -0.4 is 0 Å². The van der Waals surface area contributed by atoms with Crippen LogP contribution in [0.3, 0.4) is 0 Å². The summed E-state index contributed by atoms with van der Waals surface area (Å²) in [6.07, 6.45) is 9.81. The Morgan fingerprint density at radius 1 is 1.11 bits per heavy atom. The first-order chi connectivity index (χ1) is 8.44. The highest BCUT2D eigenvalue weighted by Crippen LogP contribution is 2.67. The van der Waals surface area contributed by atoms with Crippen LogP contribution in [0, 0.1) is 16.7 Å². The summed E-state index contributed by atoms with van der Waals surface area (Å²) in [5, 5.41) is 1.03. The molecule has 104 valence electrons. The van der Waals surface area contributed by atoms with E-state index in [1.54, 1.807) is 0 Å². The van der Waals surface area contributed by atoms with Gasteiger partial charge >= 0.3 is 0 Å². The van der Waals surface area contributed by atoms with Gasteiger partial charge in [-0.1, -0.05) is 49.5 Å². The van der Waals surface area contributed by atoms with E-state index in [4.69, 9.17) is 4.74 Å². The quantitative estimate of drug-likeness (QED) is 0.671. The number of alkyl halides is 1. The zero-order valence-electron chi connectivity index (χ0n) is 12.1. The summed E-state index contributed by atoms with van der Waals surface area (Å²) in [4.78, 5) is 0. The van der Waals surface area contributed by atoms with Crippen LogP contribution in [0.1, 0.15) is 65.7 Å². The number of halogens is 1. The fourth-order valence-corrected chi connectivity index (χ4v) is 5.61. The zero-order chi connectivity index (χ0) is 13.0. The molecule has 2 heteroatoms. The second kappa shape index (κ2) is 4.22. The van der Waals surface area contributed by atoms with Crippen molar-refractivity contribution in [3.05, 3.63) is 0 Å². The van der Waals surface area contributed by atoms with Crippen LogP contribution in [0.25, 0.3) is 0 Å². The summed E-state index contributed by atoms with van der Waals surface area (Å²) in [7, 11) is 0. The van der Waals surface area contributed by atoms with Gasteiger partial charge in [0.1, 0.15) is 0 Å². The first-order valence-electron chi connectivity index (χ1n) is 7.67. The van der Waals surface area contributed by atoms with Gasteiger partial charge < -0.3 is 4.74 Å². The van der Waals surface area contributed by atoms with E-state index < -0.39 is 0 Å². The average molecular weight is 315 g/mol. The first-order valence-corrected chi connectivity index (χ1v) is 8.79. The molecule has 3 unspecified atom stereocenters. The number of fused-ring (bicyclic) bond motifs is 2. The van der Waals surface area contributed by atoms with Crippen molar-refractivity contribution < 1.29 is 4.74 Å². The highest BCUT2D eigenvalue weighted by Gasteiger charge is 2.63. The minimum Gasteiger partial charge on any atom is -0.370 e. The van der Waals surface area contributed by atoms with Gasteiger partial charge in [-0.15, -0.1) is 0 Å². The van der Waals surface area contributed by atoms with Crippen molar-refractivity contribution in [2.45, 2.75) is 77.4 Å². The minimum absolute atomic E-state index is 0.161. The second-order valence-electron chi connectivity index (χ2n) is 7.74. The first kappa shape index (κ1) is 13.4. The molecule has 3 aliphatic carbocycles. The lowest BCUT2D eigenvalue weighted by Gasteiger charge is -2.43. The van der Waals surface area contributed by atoms with Gasteiger partial charge in [-0.3, -0.25) is 0 Å². The van der Waals surface area contributed by atoms with E-state index in [-0.39, 0.29) is 5.60 Å². The van der Waals surface area contributed by atoms with Crippen LogP contribution in [0.5, 0.6) is 0 Å². The van der Waals surface area contributed by atoms with Gasteiger partial charge in [0.2, 0.25) is 0 Å². The lowest BCUT2D eigenvalue weighted by atomic mass is 9.70. The van der Waals surface area contributed by atoms with Gasteiger partial charge in [0, 0.05) is 5.33 Å². The molecule has 0 aromatic carbocycles. The predicted molar refractivity (Wildman–Crippen MR) is 79.1 cm³/mol. The lowest BCUT2D eigenvalue weighted by Crippen LogP contribution is -2.44. The number of rotatable bonds is 3. The smallest absolute Gasteiger partial charge is 0.0782 e. The monoisotopic (exact) mass is 314 g/mol. The fraction of sp³-hybridized carbons (Fsp3) is 1.00. The van der Waals surface area contributed by atoms with Crippen molar-refractivity contribution in [2.24, 2.45) is 16.7 Å². The summed E-state index contributed by atoms with van der Waals surface area (Å²) in [5.74, 6) is 0.890. The van der Waals surface area contributed by atoms with Gasteiger partial charge in [-0.05, 0) is 48.9 Å². The van der Waals surface area contributed by atoms with Crippen molar-refractivity contribution >= 4 is 15.9 Å². The molecule has 0 aromatic rings. The molecule has 0 saturated heterocycles. The van der Waals surface area contributed by atoms with E-state index in [1.165, 1.54) is 44.9 Å². The Morgan fingerprint density at radius 3 is 2.22 bits per heavy atom. The van der Waals surface area contributed by atoms with Crippen LogP contribution in [-0.4, -0.2) is 17.0 Å². The van der Waals surface area contributed by atoms with Gasteiger partial charge in [0.05, 0.1) is 11.7 Å². The predicted octanol–water partition coefficient (Wildman–Crippen LogP) is 4.93. The fourth-order valence-electron chi connectivity index (χ4n) is 4.91. The highest BCUT2D eigenvalue weighted by molar-refractivity contribution is 9.09. The van der Waals surface area contributed by atoms with E-state index in [0.717, 1.165) is 11.2 Å². The molecule has 0 amide bonds. The molecule has 0 aromatic heterocycles. The van der Waals surface area contributed by atoms with Gasteiger partial charge in [0.25, 0.3) is 0 Å². The van der Waals surface area contributed by atoms with E-state index in [2.05, 4.69) is 36.7 Å². The van der Waals surface area contributed by atoms with Crippen molar-refractivity contribution in [2.75, 3.05) is 5.33 Å². The summed E-state index contributed by atoms with van der Waals surface area (Å²) in [6.45, 7) is 7.44. The molecule has 0 aliphatic heterocycles. The maximum Gasteiger partial charge on any atom is 0.0782 e. The van der Waals surface area contributed by atoms with Crippen molar-refractivity contribution in [1.82, 2.24) is 0 Å². The summed E-state index contributed by atoms with van der Waals surface area (Å²) in [5.41, 5.74) is 1.05. The molecule has 0 heterocycles. The van der Waals surface area contributed by atoms with Crippen molar-refractivity contribution in [3.63, 3.8) is 0 Å². The number of hydrogen-bond donors (Lipinski definition) is 0. The molecule has 3 saturated carbocycles. The zero-order valence-corrected chi connectivity index (χ0v) is 13.7. The van der Waals surface area contributed by atoms with Crippen LogP contribution in [0.15, 0.2) is 0 Å². The maximum absolute atomic E-state index is 6.73. The maximum atomic E-state index is 6.73. The van der Waals surface area contributed by atoms with Gasteiger partial charge in [0.15, 0.2) is 0 Å². The molecule has 0 N–H and O–H groups in total. The second-order valence-corrected chi connectivity index (χ2v) is 8.30. The molecule has 3 aliphatic rings.